The van der Waals surface area contributed by atoms with E-state index >= 15 is 0 Å². The number of nitrogens with two attached hydrogens (primary N) is 2. The zero-order chi connectivity index (χ0) is 18.3. The van der Waals surface area contributed by atoms with Crippen LogP contribution in [0.4, 0.5) is 11.9 Å². The second-order valence-corrected chi connectivity index (χ2v) is 5.50. The smallest absolute Gasteiger partial charge is 0.278 e. The fraction of sp³-hybridized carbons (Fsp3) is 0.167. The molecule has 0 bridgehead atoms. The molecule has 0 aliphatic carbocycles. The molecule has 4 heterocycles. The number of aromatic nitrogens is 8. The SMILES string of the molecule is Cn1c(=S)[nH]c2nc(N)[nH]c(=O)c21.Cn1cnc2nc(N)[nH]c(=O)c21. The van der Waals surface area contributed by atoms with Gasteiger partial charge in [-0.3, -0.25) is 19.6 Å². The van der Waals surface area contributed by atoms with Crippen molar-refractivity contribution in [1.29, 1.82) is 0 Å². The van der Waals surface area contributed by atoms with Gasteiger partial charge in [0.2, 0.25) is 11.9 Å². The minimum atomic E-state index is -0.294. The number of nitrogens with one attached hydrogen (secondary N) is 3. The van der Waals surface area contributed by atoms with Gasteiger partial charge in [-0.2, -0.15) is 9.97 Å². The van der Waals surface area contributed by atoms with E-state index in [-0.39, 0.29) is 23.0 Å². The van der Waals surface area contributed by atoms with Gasteiger partial charge in [0.25, 0.3) is 11.1 Å². The molecule has 7 N–H and O–H groups in total. The Bertz CT molecular complexity index is 1260. The molecule has 0 fully saturated rings. The predicted octanol–water partition coefficient (Wildman–Crippen LogP) is -0.860. The van der Waals surface area contributed by atoms with Crippen molar-refractivity contribution in [3.8, 4) is 0 Å². The fourth-order valence-corrected chi connectivity index (χ4v) is 2.44. The molecule has 0 aliphatic heterocycles. The van der Waals surface area contributed by atoms with Crippen LogP contribution in [0.1, 0.15) is 0 Å². The summed E-state index contributed by atoms with van der Waals surface area (Å²) in [4.78, 5) is 41.8. The third-order valence-electron chi connectivity index (χ3n) is 3.38. The first-order valence-corrected chi connectivity index (χ1v) is 7.30. The Labute approximate surface area is 143 Å². The number of nitrogen functional groups attached to an aromatic ring is 2. The lowest BCUT2D eigenvalue weighted by atomic mass is 10.5. The lowest BCUT2D eigenvalue weighted by molar-refractivity contribution is 0.919. The number of hydrogen-bond donors (Lipinski definition) is 5. The van der Waals surface area contributed by atoms with Gasteiger partial charge >= 0.3 is 0 Å². The first-order chi connectivity index (χ1) is 11.8. The normalized spacial score (nSPS) is 10.8. The van der Waals surface area contributed by atoms with Crippen LogP contribution in [-0.4, -0.2) is 39.0 Å². The summed E-state index contributed by atoms with van der Waals surface area (Å²) >= 11 is 4.93. The minimum Gasteiger partial charge on any atom is -0.369 e. The number of imidazole rings is 2. The van der Waals surface area contributed by atoms with Gasteiger partial charge < -0.3 is 25.6 Å². The fourth-order valence-electron chi connectivity index (χ4n) is 2.25. The van der Waals surface area contributed by atoms with Crippen LogP contribution in [0, 0.1) is 4.77 Å². The van der Waals surface area contributed by atoms with Gasteiger partial charge in [0, 0.05) is 14.1 Å². The number of rotatable bonds is 0. The summed E-state index contributed by atoms with van der Waals surface area (Å²) in [5.41, 5.74) is 11.7. The molecule has 0 radical (unpaired) electrons. The molecule has 4 aromatic heterocycles. The molecule has 13 heteroatoms. The molecule has 12 nitrogen and oxygen atoms in total. The van der Waals surface area contributed by atoms with Gasteiger partial charge in [-0.25, -0.2) is 4.98 Å². The van der Waals surface area contributed by atoms with E-state index in [2.05, 4.69) is 29.9 Å². The van der Waals surface area contributed by atoms with Crippen LogP contribution in [-0.2, 0) is 14.1 Å². The topological polar surface area (TPSA) is 182 Å². The molecule has 4 rings (SSSR count). The van der Waals surface area contributed by atoms with Crippen LogP contribution in [0.3, 0.4) is 0 Å². The van der Waals surface area contributed by atoms with Crippen LogP contribution in [0.5, 0.6) is 0 Å². The van der Waals surface area contributed by atoms with E-state index in [9.17, 15) is 9.59 Å². The van der Waals surface area contributed by atoms with E-state index in [0.29, 0.717) is 27.1 Å². The zero-order valence-electron chi connectivity index (χ0n) is 13.2. The number of anilines is 2. The highest BCUT2D eigenvalue weighted by Gasteiger charge is 2.07. The van der Waals surface area contributed by atoms with Crippen molar-refractivity contribution >= 4 is 46.4 Å². The molecule has 0 aliphatic rings. The first kappa shape index (κ1) is 16.4. The highest BCUT2D eigenvalue weighted by Crippen LogP contribution is 2.05. The second kappa shape index (κ2) is 5.86. The van der Waals surface area contributed by atoms with Gasteiger partial charge in [-0.1, -0.05) is 0 Å². The Balaban J connectivity index is 0.000000146. The van der Waals surface area contributed by atoms with Crippen LogP contribution >= 0.6 is 12.2 Å². The second-order valence-electron chi connectivity index (χ2n) is 5.12. The van der Waals surface area contributed by atoms with Crippen molar-refractivity contribution in [3.63, 3.8) is 0 Å². The third-order valence-corrected chi connectivity index (χ3v) is 3.76. The molecule has 0 aromatic carbocycles. The van der Waals surface area contributed by atoms with Crippen molar-refractivity contribution < 1.29 is 0 Å². The molecule has 0 saturated carbocycles. The van der Waals surface area contributed by atoms with Gasteiger partial charge in [-0.05, 0) is 12.2 Å². The molecule has 25 heavy (non-hydrogen) atoms. The molecular formula is C12H14N10O2S. The maximum Gasteiger partial charge on any atom is 0.278 e. The van der Waals surface area contributed by atoms with Crippen molar-refractivity contribution in [3.05, 3.63) is 31.8 Å². The summed E-state index contributed by atoms with van der Waals surface area (Å²) < 4.78 is 3.59. The summed E-state index contributed by atoms with van der Waals surface area (Å²) in [5, 5.41) is 0. The summed E-state index contributed by atoms with van der Waals surface area (Å²) in [6.07, 6.45) is 1.52. The van der Waals surface area contributed by atoms with Crippen molar-refractivity contribution in [2.45, 2.75) is 0 Å². The van der Waals surface area contributed by atoms with E-state index in [1.54, 1.807) is 23.2 Å². The Hall–Kier alpha value is -3.48. The number of aryl methyl sites for hydroxylation is 2. The lowest BCUT2D eigenvalue weighted by Gasteiger charge is -1.93. The van der Waals surface area contributed by atoms with Gasteiger partial charge in [0.15, 0.2) is 27.1 Å². The van der Waals surface area contributed by atoms with Crippen LogP contribution in [0.25, 0.3) is 22.3 Å². The summed E-state index contributed by atoms with van der Waals surface area (Å²) in [6, 6.07) is 0. The van der Waals surface area contributed by atoms with Gasteiger partial charge in [-0.15, -0.1) is 0 Å². The first-order valence-electron chi connectivity index (χ1n) is 6.89. The molecule has 0 atom stereocenters. The number of hydrogen-bond acceptors (Lipinski definition) is 8. The highest BCUT2D eigenvalue weighted by molar-refractivity contribution is 7.71. The monoisotopic (exact) mass is 362 g/mol. The minimum absolute atomic E-state index is 0.0781. The molecule has 0 saturated heterocycles. The number of H-pyrrole nitrogens is 3. The summed E-state index contributed by atoms with van der Waals surface area (Å²) in [6.45, 7) is 0. The summed E-state index contributed by atoms with van der Waals surface area (Å²) in [7, 11) is 3.41. The maximum atomic E-state index is 11.4. The Morgan fingerprint density at radius 1 is 1.00 bits per heavy atom. The average Bonchev–Trinajstić information content (AvgIpc) is 3.00. The van der Waals surface area contributed by atoms with Crippen molar-refractivity contribution in [1.82, 2.24) is 39.0 Å². The van der Waals surface area contributed by atoms with Crippen LogP contribution in [0.15, 0.2) is 15.9 Å². The van der Waals surface area contributed by atoms with E-state index in [1.165, 1.54) is 6.33 Å². The van der Waals surface area contributed by atoms with Crippen LogP contribution < -0.4 is 22.6 Å². The van der Waals surface area contributed by atoms with E-state index in [4.69, 9.17) is 23.7 Å². The molecule has 0 amide bonds. The Morgan fingerprint density at radius 3 is 2.28 bits per heavy atom. The van der Waals surface area contributed by atoms with E-state index in [0.717, 1.165) is 0 Å². The average molecular weight is 362 g/mol. The van der Waals surface area contributed by atoms with Gasteiger partial charge in [0.05, 0.1) is 6.33 Å². The molecular weight excluding hydrogens is 348 g/mol. The van der Waals surface area contributed by atoms with E-state index < -0.39 is 0 Å². The molecule has 0 spiro atoms. The number of aromatic amines is 3. The largest absolute Gasteiger partial charge is 0.369 e. The molecule has 0 unspecified atom stereocenters. The van der Waals surface area contributed by atoms with E-state index in [1.807, 2.05) is 0 Å². The maximum absolute atomic E-state index is 11.4. The molecule has 4 aromatic rings. The lowest BCUT2D eigenvalue weighted by Crippen LogP contribution is -2.13. The van der Waals surface area contributed by atoms with Crippen molar-refractivity contribution in [2.24, 2.45) is 14.1 Å². The van der Waals surface area contributed by atoms with Crippen molar-refractivity contribution in [2.75, 3.05) is 11.5 Å². The van der Waals surface area contributed by atoms with Crippen LogP contribution in [0.2, 0.25) is 0 Å². The van der Waals surface area contributed by atoms with Gasteiger partial charge in [0.1, 0.15) is 0 Å². The standard InChI is InChI=1S/C6H7N5OS.C6H7N5O/c1-11-2-3(9-6(11)13)8-5(7)10-4(2)12;1-11-2-8-4-3(11)5(12)10-6(7)9-4/h1H3,(H4,7,8,9,10,12,13);2H,1H3,(H3,7,9,10,12). The zero-order valence-corrected chi connectivity index (χ0v) is 14.0. The Kier molecular flexibility index (Phi) is 3.84. The Morgan fingerprint density at radius 2 is 1.60 bits per heavy atom. The number of fused-ring (bicyclic) bond motifs is 2. The highest BCUT2D eigenvalue weighted by atomic mass is 32.1. The number of nitrogens with zero attached hydrogens (tertiary/aromatic N) is 5. The predicted molar refractivity (Wildman–Crippen MR) is 94.5 cm³/mol. The quantitative estimate of drug-likeness (QED) is 0.250. The third kappa shape index (κ3) is 2.87. The summed E-state index contributed by atoms with van der Waals surface area (Å²) in [5.74, 6) is 0.167. The molecule has 130 valence electrons.